The van der Waals surface area contributed by atoms with Crippen LogP contribution in [0, 0.1) is 0 Å². The number of nitrogens with zero attached hydrogens (tertiary/aromatic N) is 1. The lowest BCUT2D eigenvalue weighted by atomic mass is 10.1. The zero-order valence-corrected chi connectivity index (χ0v) is 17.2. The summed E-state index contributed by atoms with van der Waals surface area (Å²) in [6.07, 6.45) is 2.23. The lowest BCUT2D eigenvalue weighted by Crippen LogP contribution is -2.37. The number of benzene rings is 1. The van der Waals surface area contributed by atoms with Gasteiger partial charge in [-0.1, -0.05) is 19.4 Å². The van der Waals surface area contributed by atoms with Crippen molar-refractivity contribution >= 4 is 35.9 Å². The maximum absolute atomic E-state index is 11.8. The fourth-order valence-corrected chi connectivity index (χ4v) is 2.02. The van der Waals surface area contributed by atoms with E-state index in [1.54, 1.807) is 12.1 Å². The number of unbranched alkanes of at least 4 members (excludes halogenated alkanes) is 1. The van der Waals surface area contributed by atoms with Crippen LogP contribution in [0.4, 0.5) is 0 Å². The van der Waals surface area contributed by atoms with Crippen LogP contribution >= 0.6 is 24.0 Å². The van der Waals surface area contributed by atoms with Crippen molar-refractivity contribution in [2.24, 2.45) is 4.99 Å². The van der Waals surface area contributed by atoms with Gasteiger partial charge in [0.2, 0.25) is 0 Å². The van der Waals surface area contributed by atoms with Crippen molar-refractivity contribution in [1.29, 1.82) is 0 Å². The highest BCUT2D eigenvalue weighted by atomic mass is 127. The summed E-state index contributed by atoms with van der Waals surface area (Å²) < 4.78 is 9.98. The minimum atomic E-state index is -0.416. The highest BCUT2D eigenvalue weighted by molar-refractivity contribution is 14.0. The van der Waals surface area contributed by atoms with E-state index in [1.165, 1.54) is 14.2 Å². The molecule has 1 aromatic carbocycles. The number of carbonyl (C=O) groups is 1. The molecule has 0 aromatic heterocycles. The Labute approximate surface area is 161 Å². The van der Waals surface area contributed by atoms with Gasteiger partial charge in [-0.2, -0.15) is 0 Å². The van der Waals surface area contributed by atoms with Crippen LogP contribution in [0.5, 0.6) is 5.75 Å². The predicted octanol–water partition coefficient (Wildman–Crippen LogP) is 2.96. The van der Waals surface area contributed by atoms with Crippen molar-refractivity contribution < 1.29 is 14.3 Å². The number of aliphatic imine (C=N–C) groups is 1. The molecule has 0 aliphatic rings. The molecule has 136 valence electrons. The third-order valence-electron chi connectivity index (χ3n) is 3.26. The zero-order valence-electron chi connectivity index (χ0n) is 14.8. The van der Waals surface area contributed by atoms with Gasteiger partial charge in [0.05, 0.1) is 20.8 Å². The van der Waals surface area contributed by atoms with Crippen molar-refractivity contribution in [3.8, 4) is 5.75 Å². The van der Waals surface area contributed by atoms with E-state index in [1.807, 2.05) is 13.0 Å². The molecule has 0 unspecified atom stereocenters. The molecule has 0 amide bonds. The normalized spacial score (nSPS) is 10.6. The molecule has 0 bridgehead atoms. The van der Waals surface area contributed by atoms with Crippen LogP contribution in [0.25, 0.3) is 0 Å². The molecular weight excluding hydrogens is 421 g/mol. The van der Waals surface area contributed by atoms with Crippen molar-refractivity contribution in [3.05, 3.63) is 29.3 Å². The molecule has 0 saturated carbocycles. The number of ether oxygens (including phenoxy) is 2. The van der Waals surface area contributed by atoms with Crippen LogP contribution in [0.3, 0.4) is 0 Å². The van der Waals surface area contributed by atoms with E-state index in [2.05, 4.69) is 22.5 Å². The number of rotatable bonds is 8. The van der Waals surface area contributed by atoms with E-state index in [0.717, 1.165) is 37.5 Å². The van der Waals surface area contributed by atoms with E-state index >= 15 is 0 Å². The summed E-state index contributed by atoms with van der Waals surface area (Å²) in [4.78, 5) is 16.3. The predicted molar refractivity (Wildman–Crippen MR) is 107 cm³/mol. The third-order valence-corrected chi connectivity index (χ3v) is 3.26. The summed E-state index contributed by atoms with van der Waals surface area (Å²) >= 11 is 0. The fourth-order valence-electron chi connectivity index (χ4n) is 2.02. The highest BCUT2D eigenvalue weighted by Crippen LogP contribution is 2.21. The number of guanidine groups is 1. The molecule has 0 aliphatic carbocycles. The monoisotopic (exact) mass is 449 g/mol. The number of carbonyl (C=O) groups excluding carboxylic acids is 1. The van der Waals surface area contributed by atoms with Gasteiger partial charge in [0, 0.05) is 13.1 Å². The maximum Gasteiger partial charge on any atom is 0.341 e. The standard InChI is InChI=1S/C17H27N3O3.HI/c1-5-7-10-19-17(18-6-2)20-12-13-8-9-15(22-3)14(11-13)16(21)23-4;/h8-9,11H,5-7,10,12H2,1-4H3,(H2,18,19,20);1H. The minimum absolute atomic E-state index is 0. The molecule has 1 rings (SSSR count). The first kappa shape index (κ1) is 22.5. The summed E-state index contributed by atoms with van der Waals surface area (Å²) in [5.74, 6) is 0.856. The van der Waals surface area contributed by atoms with Gasteiger partial charge in [-0.15, -0.1) is 24.0 Å². The summed E-state index contributed by atoms with van der Waals surface area (Å²) in [5.41, 5.74) is 1.32. The van der Waals surface area contributed by atoms with Gasteiger partial charge in [-0.05, 0) is 31.0 Å². The summed E-state index contributed by atoms with van der Waals surface area (Å²) in [6, 6.07) is 5.41. The van der Waals surface area contributed by atoms with Crippen LogP contribution in [-0.4, -0.2) is 39.2 Å². The largest absolute Gasteiger partial charge is 0.496 e. The van der Waals surface area contributed by atoms with Crippen LogP contribution in [0.1, 0.15) is 42.6 Å². The highest BCUT2D eigenvalue weighted by Gasteiger charge is 2.13. The van der Waals surface area contributed by atoms with E-state index in [0.29, 0.717) is 17.9 Å². The summed E-state index contributed by atoms with van der Waals surface area (Å²) in [7, 11) is 2.88. The van der Waals surface area contributed by atoms with Gasteiger partial charge in [-0.25, -0.2) is 9.79 Å². The van der Waals surface area contributed by atoms with Crippen LogP contribution in [-0.2, 0) is 11.3 Å². The van der Waals surface area contributed by atoms with Gasteiger partial charge in [0.15, 0.2) is 5.96 Å². The van der Waals surface area contributed by atoms with Crippen molar-refractivity contribution in [2.45, 2.75) is 33.2 Å². The second-order valence-electron chi connectivity index (χ2n) is 5.00. The van der Waals surface area contributed by atoms with Crippen molar-refractivity contribution in [2.75, 3.05) is 27.3 Å². The molecule has 24 heavy (non-hydrogen) atoms. The third kappa shape index (κ3) is 7.37. The average molecular weight is 449 g/mol. The number of halogens is 1. The Morgan fingerprint density at radius 3 is 2.54 bits per heavy atom. The lowest BCUT2D eigenvalue weighted by Gasteiger charge is -2.11. The Kier molecular flexibility index (Phi) is 12.0. The number of methoxy groups -OCH3 is 2. The molecule has 0 aliphatic heterocycles. The van der Waals surface area contributed by atoms with Gasteiger partial charge < -0.3 is 20.1 Å². The smallest absolute Gasteiger partial charge is 0.341 e. The molecular formula is C17H28IN3O3. The Morgan fingerprint density at radius 1 is 1.21 bits per heavy atom. The molecule has 6 nitrogen and oxygen atoms in total. The van der Waals surface area contributed by atoms with Gasteiger partial charge in [-0.3, -0.25) is 0 Å². The number of esters is 1. The molecule has 2 N–H and O–H groups in total. The Hall–Kier alpha value is -1.51. The second-order valence-corrected chi connectivity index (χ2v) is 5.00. The van der Waals surface area contributed by atoms with Crippen LogP contribution < -0.4 is 15.4 Å². The summed E-state index contributed by atoms with van der Waals surface area (Å²) in [6.45, 7) is 6.33. The molecule has 0 fully saturated rings. The molecule has 7 heteroatoms. The van der Waals surface area contributed by atoms with Crippen molar-refractivity contribution in [1.82, 2.24) is 10.6 Å². The maximum atomic E-state index is 11.8. The molecule has 0 atom stereocenters. The van der Waals surface area contributed by atoms with E-state index < -0.39 is 5.97 Å². The zero-order chi connectivity index (χ0) is 17.1. The molecule has 0 saturated heterocycles. The van der Waals surface area contributed by atoms with Gasteiger partial charge in [0.25, 0.3) is 0 Å². The van der Waals surface area contributed by atoms with E-state index in [-0.39, 0.29) is 24.0 Å². The average Bonchev–Trinajstić information content (AvgIpc) is 2.58. The van der Waals surface area contributed by atoms with Gasteiger partial charge in [0.1, 0.15) is 11.3 Å². The Balaban J connectivity index is 0.00000529. The number of hydrogen-bond donors (Lipinski definition) is 2. The van der Waals surface area contributed by atoms with Crippen LogP contribution in [0.15, 0.2) is 23.2 Å². The number of nitrogens with one attached hydrogen (secondary N) is 2. The summed E-state index contributed by atoms with van der Waals surface area (Å²) in [5, 5.41) is 6.49. The first-order chi connectivity index (χ1) is 11.2. The number of hydrogen-bond acceptors (Lipinski definition) is 4. The van der Waals surface area contributed by atoms with E-state index in [4.69, 9.17) is 9.47 Å². The van der Waals surface area contributed by atoms with E-state index in [9.17, 15) is 4.79 Å². The quantitative estimate of drug-likeness (QED) is 0.210. The fraction of sp³-hybridized carbons (Fsp3) is 0.529. The van der Waals surface area contributed by atoms with Crippen LogP contribution in [0.2, 0.25) is 0 Å². The molecule has 0 radical (unpaired) electrons. The first-order valence-electron chi connectivity index (χ1n) is 7.93. The SMILES string of the molecule is CCCCNC(=NCc1ccc(OC)c(C(=O)OC)c1)NCC.I. The van der Waals surface area contributed by atoms with Crippen molar-refractivity contribution in [3.63, 3.8) is 0 Å². The molecule has 1 aromatic rings. The molecule has 0 heterocycles. The lowest BCUT2D eigenvalue weighted by molar-refractivity contribution is 0.0597. The second kappa shape index (κ2) is 12.9. The first-order valence-corrected chi connectivity index (χ1v) is 7.93. The minimum Gasteiger partial charge on any atom is -0.496 e. The Morgan fingerprint density at radius 2 is 1.96 bits per heavy atom. The topological polar surface area (TPSA) is 72.0 Å². The van der Waals surface area contributed by atoms with Gasteiger partial charge >= 0.3 is 5.97 Å². The Bertz CT molecular complexity index is 536. The molecule has 0 spiro atoms.